The molecule has 1 rings (SSSR count). The van der Waals surface area contributed by atoms with Crippen LogP contribution in [0.2, 0.25) is 0 Å². The molecule has 78 valence electrons. The van der Waals surface area contributed by atoms with Crippen molar-refractivity contribution in [2.24, 2.45) is 5.92 Å². The van der Waals surface area contributed by atoms with Crippen LogP contribution in [-0.4, -0.2) is 46.3 Å². The van der Waals surface area contributed by atoms with Crippen molar-refractivity contribution >= 4 is 0 Å². The van der Waals surface area contributed by atoms with Crippen LogP contribution in [0.15, 0.2) is 0 Å². The van der Waals surface area contributed by atoms with E-state index in [1.54, 1.807) is 0 Å². The molecule has 0 aromatic heterocycles. The molecule has 0 radical (unpaired) electrons. The van der Waals surface area contributed by atoms with E-state index in [9.17, 15) is 10.2 Å². The topological polar surface area (TPSA) is 69.9 Å². The van der Waals surface area contributed by atoms with E-state index in [4.69, 9.17) is 9.84 Å². The second kappa shape index (κ2) is 4.37. The molecule has 1 fully saturated rings. The third-order valence-corrected chi connectivity index (χ3v) is 2.31. The quantitative estimate of drug-likeness (QED) is 0.550. The summed E-state index contributed by atoms with van der Waals surface area (Å²) in [4.78, 5) is 0. The summed E-state index contributed by atoms with van der Waals surface area (Å²) in [7, 11) is 0. The third kappa shape index (κ3) is 2.64. The highest BCUT2D eigenvalue weighted by molar-refractivity contribution is 4.86. The second-order valence-corrected chi connectivity index (χ2v) is 4.05. The molecule has 0 spiro atoms. The largest absolute Gasteiger partial charge is 0.388 e. The van der Waals surface area contributed by atoms with E-state index in [0.717, 1.165) is 0 Å². The van der Waals surface area contributed by atoms with Crippen molar-refractivity contribution in [1.29, 1.82) is 0 Å². The molecular formula is C9H18O4. The Kier molecular flexibility index (Phi) is 3.67. The maximum atomic E-state index is 9.52. The summed E-state index contributed by atoms with van der Waals surface area (Å²) in [5.41, 5.74) is 0. The first-order chi connectivity index (χ1) is 6.02. The predicted octanol–water partition coefficient (Wildman–Crippen LogP) is -0.486. The fraction of sp³-hybridized carbons (Fsp3) is 1.00. The fourth-order valence-electron chi connectivity index (χ4n) is 1.54. The van der Waals surface area contributed by atoms with Crippen molar-refractivity contribution in [3.8, 4) is 0 Å². The van der Waals surface area contributed by atoms with Crippen molar-refractivity contribution < 1.29 is 20.1 Å². The van der Waals surface area contributed by atoms with E-state index < -0.39 is 18.3 Å². The van der Waals surface area contributed by atoms with Crippen LogP contribution < -0.4 is 0 Å². The zero-order chi connectivity index (χ0) is 10.0. The molecule has 1 heterocycles. The van der Waals surface area contributed by atoms with E-state index in [-0.39, 0.29) is 12.7 Å². The van der Waals surface area contributed by atoms with Crippen molar-refractivity contribution in [2.45, 2.75) is 44.7 Å². The highest BCUT2D eigenvalue weighted by Crippen LogP contribution is 2.20. The predicted molar refractivity (Wildman–Crippen MR) is 47.2 cm³/mol. The molecule has 1 saturated heterocycles. The molecule has 0 aliphatic carbocycles. The van der Waals surface area contributed by atoms with Crippen molar-refractivity contribution in [1.82, 2.24) is 0 Å². The van der Waals surface area contributed by atoms with Crippen LogP contribution in [0.1, 0.15) is 20.3 Å². The summed E-state index contributed by atoms with van der Waals surface area (Å²) in [5.74, 6) is 0.405. The molecule has 13 heavy (non-hydrogen) atoms. The lowest BCUT2D eigenvalue weighted by atomic mass is 9.94. The van der Waals surface area contributed by atoms with Gasteiger partial charge in [0.1, 0.15) is 18.3 Å². The maximum Gasteiger partial charge on any atom is 0.111 e. The Balaban J connectivity index is 2.48. The van der Waals surface area contributed by atoms with Gasteiger partial charge < -0.3 is 20.1 Å². The maximum absolute atomic E-state index is 9.52. The van der Waals surface area contributed by atoms with E-state index >= 15 is 0 Å². The normalized spacial score (nSPS) is 41.1. The lowest BCUT2D eigenvalue weighted by Gasteiger charge is -2.36. The molecule has 0 bridgehead atoms. The molecule has 0 aromatic carbocycles. The Morgan fingerprint density at radius 2 is 1.85 bits per heavy atom. The zero-order valence-corrected chi connectivity index (χ0v) is 8.05. The number of aliphatic hydroxyl groups excluding tert-OH is 3. The van der Waals surface area contributed by atoms with Gasteiger partial charge in [-0.3, -0.25) is 0 Å². The van der Waals surface area contributed by atoms with Crippen LogP contribution in [-0.2, 0) is 4.74 Å². The monoisotopic (exact) mass is 190 g/mol. The van der Waals surface area contributed by atoms with Gasteiger partial charge >= 0.3 is 0 Å². The zero-order valence-electron chi connectivity index (χ0n) is 8.05. The molecular weight excluding hydrogens is 172 g/mol. The van der Waals surface area contributed by atoms with Gasteiger partial charge in [-0.25, -0.2) is 0 Å². The molecule has 4 heteroatoms. The summed E-state index contributed by atoms with van der Waals surface area (Å²) in [6, 6.07) is 0. The summed E-state index contributed by atoms with van der Waals surface area (Å²) < 4.78 is 5.22. The first kappa shape index (κ1) is 10.9. The van der Waals surface area contributed by atoms with E-state index in [2.05, 4.69) is 0 Å². The summed E-state index contributed by atoms with van der Waals surface area (Å²) in [5, 5.41) is 28.0. The number of hydrogen-bond acceptors (Lipinski definition) is 4. The van der Waals surface area contributed by atoms with Gasteiger partial charge in [-0.2, -0.15) is 0 Å². The van der Waals surface area contributed by atoms with E-state index in [0.29, 0.717) is 12.3 Å². The summed E-state index contributed by atoms with van der Waals surface area (Å²) in [6.45, 7) is 4.15. The van der Waals surface area contributed by atoms with Gasteiger partial charge in [0.05, 0.1) is 12.7 Å². The lowest BCUT2D eigenvalue weighted by molar-refractivity contribution is -0.190. The van der Waals surface area contributed by atoms with Crippen LogP contribution in [0.5, 0.6) is 0 Å². The molecule has 0 unspecified atom stereocenters. The van der Waals surface area contributed by atoms with Gasteiger partial charge in [-0.1, -0.05) is 13.8 Å². The fourth-order valence-corrected chi connectivity index (χ4v) is 1.54. The average molecular weight is 190 g/mol. The lowest BCUT2D eigenvalue weighted by Crippen LogP contribution is -2.53. The Morgan fingerprint density at radius 3 is 2.38 bits per heavy atom. The van der Waals surface area contributed by atoms with Gasteiger partial charge in [0.15, 0.2) is 0 Å². The number of hydrogen-bond donors (Lipinski definition) is 3. The van der Waals surface area contributed by atoms with Gasteiger partial charge in [-0.05, 0) is 12.3 Å². The van der Waals surface area contributed by atoms with Crippen LogP contribution in [0.4, 0.5) is 0 Å². The average Bonchev–Trinajstić information content (AvgIpc) is 2.06. The molecule has 4 nitrogen and oxygen atoms in total. The molecule has 3 N–H and O–H groups in total. The molecule has 0 aromatic rings. The Bertz CT molecular complexity index is 160. The minimum atomic E-state index is -1.07. The van der Waals surface area contributed by atoms with Crippen LogP contribution in [0, 0.1) is 5.92 Å². The Labute approximate surface area is 78.1 Å². The minimum Gasteiger partial charge on any atom is -0.388 e. The van der Waals surface area contributed by atoms with Crippen LogP contribution in [0.3, 0.4) is 0 Å². The summed E-state index contributed by atoms with van der Waals surface area (Å²) in [6.07, 6.45) is -2.65. The van der Waals surface area contributed by atoms with Gasteiger partial charge in [-0.15, -0.1) is 0 Å². The first-order valence-corrected chi connectivity index (χ1v) is 4.68. The van der Waals surface area contributed by atoms with Crippen LogP contribution >= 0.6 is 0 Å². The summed E-state index contributed by atoms with van der Waals surface area (Å²) >= 11 is 0. The van der Waals surface area contributed by atoms with Gasteiger partial charge in [0.2, 0.25) is 0 Å². The molecule has 1 aliphatic rings. The van der Waals surface area contributed by atoms with Crippen molar-refractivity contribution in [2.75, 3.05) is 6.61 Å². The van der Waals surface area contributed by atoms with Crippen LogP contribution in [0.25, 0.3) is 0 Å². The molecule has 4 atom stereocenters. The molecule has 1 aliphatic heterocycles. The van der Waals surface area contributed by atoms with E-state index in [1.807, 2.05) is 13.8 Å². The highest BCUT2D eigenvalue weighted by Gasteiger charge is 2.37. The standard InChI is InChI=1S/C9H18O4/c1-5(2)3-7-9(12)8(11)6(10)4-13-7/h5-12H,3-4H2,1-2H3/t6-,7+,8+,9+/m0/s1. The number of aliphatic hydroxyl groups is 3. The SMILES string of the molecule is CC(C)C[C@H]1OC[C@H](O)[C@@H](O)[C@@H]1O. The minimum absolute atomic E-state index is 0.107. The first-order valence-electron chi connectivity index (χ1n) is 4.68. The Hall–Kier alpha value is -0.160. The number of rotatable bonds is 2. The van der Waals surface area contributed by atoms with Crippen molar-refractivity contribution in [3.63, 3.8) is 0 Å². The van der Waals surface area contributed by atoms with E-state index in [1.165, 1.54) is 0 Å². The Morgan fingerprint density at radius 1 is 1.23 bits per heavy atom. The smallest absolute Gasteiger partial charge is 0.111 e. The molecule has 0 saturated carbocycles. The molecule has 0 amide bonds. The van der Waals surface area contributed by atoms with Crippen molar-refractivity contribution in [3.05, 3.63) is 0 Å². The third-order valence-electron chi connectivity index (χ3n) is 2.31. The number of ether oxygens (including phenoxy) is 1. The van der Waals surface area contributed by atoms with Gasteiger partial charge in [0.25, 0.3) is 0 Å². The van der Waals surface area contributed by atoms with Gasteiger partial charge in [0, 0.05) is 0 Å². The highest BCUT2D eigenvalue weighted by atomic mass is 16.5. The second-order valence-electron chi connectivity index (χ2n) is 4.05.